The molecule has 7 nitrogen and oxygen atoms in total. The molecule has 0 unspecified atom stereocenters. The number of halogens is 1. The van der Waals surface area contributed by atoms with Crippen molar-refractivity contribution in [1.29, 1.82) is 0 Å². The van der Waals surface area contributed by atoms with E-state index in [1.165, 1.54) is 12.1 Å². The molecule has 0 N–H and O–H groups in total. The van der Waals surface area contributed by atoms with Gasteiger partial charge in [0.15, 0.2) is 5.65 Å². The highest BCUT2D eigenvalue weighted by molar-refractivity contribution is 5.62. The van der Waals surface area contributed by atoms with E-state index in [1.807, 2.05) is 36.7 Å². The van der Waals surface area contributed by atoms with Gasteiger partial charge < -0.3 is 4.74 Å². The third-order valence-corrected chi connectivity index (χ3v) is 5.53. The van der Waals surface area contributed by atoms with Crippen molar-refractivity contribution >= 4 is 5.65 Å². The quantitative estimate of drug-likeness (QED) is 0.505. The van der Waals surface area contributed by atoms with Crippen LogP contribution in [0.2, 0.25) is 0 Å². The van der Waals surface area contributed by atoms with Gasteiger partial charge in [0.2, 0.25) is 0 Å². The van der Waals surface area contributed by atoms with Crippen molar-refractivity contribution in [3.63, 3.8) is 0 Å². The van der Waals surface area contributed by atoms with Crippen LogP contribution in [0.25, 0.3) is 16.9 Å². The van der Waals surface area contributed by atoms with E-state index >= 15 is 0 Å². The van der Waals surface area contributed by atoms with Gasteiger partial charge in [-0.1, -0.05) is 12.1 Å². The molecule has 0 spiro atoms. The number of hydrogen-bond donors (Lipinski definition) is 0. The van der Waals surface area contributed by atoms with Crippen molar-refractivity contribution in [2.75, 3.05) is 19.7 Å². The molecule has 1 aliphatic rings. The van der Waals surface area contributed by atoms with Crippen molar-refractivity contribution in [3.05, 3.63) is 77.4 Å². The first kappa shape index (κ1) is 19.7. The lowest BCUT2D eigenvalue weighted by Crippen LogP contribution is -2.38. The second kappa shape index (κ2) is 8.13. The van der Waals surface area contributed by atoms with Gasteiger partial charge in [-0.25, -0.2) is 13.9 Å². The van der Waals surface area contributed by atoms with Gasteiger partial charge in [-0.2, -0.15) is 5.10 Å². The minimum atomic E-state index is -0.300. The summed E-state index contributed by atoms with van der Waals surface area (Å²) in [5.41, 5.74) is 6.08. The van der Waals surface area contributed by atoms with E-state index in [9.17, 15) is 4.39 Å². The minimum Gasteiger partial charge on any atom is -0.369 e. The van der Waals surface area contributed by atoms with Crippen LogP contribution < -0.4 is 0 Å². The molecule has 4 aromatic rings. The number of benzene rings is 1. The molecule has 1 fully saturated rings. The molecule has 0 bridgehead atoms. The molecular weight excluding hydrogens is 395 g/mol. The van der Waals surface area contributed by atoms with Crippen molar-refractivity contribution in [3.8, 4) is 11.3 Å². The maximum absolute atomic E-state index is 13.8. The van der Waals surface area contributed by atoms with Gasteiger partial charge in [-0.05, 0) is 32.0 Å². The normalized spacial score (nSPS) is 17.3. The van der Waals surface area contributed by atoms with Crippen LogP contribution in [-0.4, -0.2) is 49.2 Å². The number of aryl methyl sites for hydroxylation is 2. The fourth-order valence-electron chi connectivity index (χ4n) is 4.12. The van der Waals surface area contributed by atoms with Gasteiger partial charge in [0.1, 0.15) is 11.9 Å². The van der Waals surface area contributed by atoms with Crippen LogP contribution in [0, 0.1) is 19.7 Å². The minimum absolute atomic E-state index is 0.251. The monoisotopic (exact) mass is 418 g/mol. The lowest BCUT2D eigenvalue weighted by Gasteiger charge is -2.32. The van der Waals surface area contributed by atoms with Crippen LogP contribution in [0.3, 0.4) is 0 Å². The summed E-state index contributed by atoms with van der Waals surface area (Å²) in [6.45, 7) is 6.78. The summed E-state index contributed by atoms with van der Waals surface area (Å²) in [6, 6.07) is 8.44. The Kier molecular flexibility index (Phi) is 5.17. The highest BCUT2D eigenvalue weighted by Gasteiger charge is 2.27. The van der Waals surface area contributed by atoms with Crippen LogP contribution in [0.1, 0.15) is 28.7 Å². The Hall–Kier alpha value is -3.23. The fraction of sp³-hybridized carbons (Fsp3) is 0.304. The zero-order valence-corrected chi connectivity index (χ0v) is 17.5. The zero-order valence-electron chi connectivity index (χ0n) is 17.5. The Morgan fingerprint density at radius 2 is 2.03 bits per heavy atom. The summed E-state index contributed by atoms with van der Waals surface area (Å²) in [6.07, 6.45) is 4.92. The summed E-state index contributed by atoms with van der Waals surface area (Å²) in [4.78, 5) is 16.0. The van der Waals surface area contributed by atoms with Crippen LogP contribution in [0.15, 0.2) is 48.9 Å². The molecular formula is C23H23FN6O. The molecule has 4 heterocycles. The largest absolute Gasteiger partial charge is 0.369 e. The highest BCUT2D eigenvalue weighted by atomic mass is 19.1. The second-order valence-corrected chi connectivity index (χ2v) is 7.84. The van der Waals surface area contributed by atoms with Crippen molar-refractivity contribution < 1.29 is 9.13 Å². The van der Waals surface area contributed by atoms with E-state index in [0.29, 0.717) is 24.4 Å². The molecule has 31 heavy (non-hydrogen) atoms. The average molecular weight is 418 g/mol. The van der Waals surface area contributed by atoms with E-state index in [-0.39, 0.29) is 11.9 Å². The lowest BCUT2D eigenvalue weighted by atomic mass is 10.0. The van der Waals surface area contributed by atoms with Gasteiger partial charge in [0, 0.05) is 54.5 Å². The Labute approximate surface area is 179 Å². The highest BCUT2D eigenvalue weighted by Crippen LogP contribution is 2.30. The zero-order chi connectivity index (χ0) is 21.4. The number of nitrogens with zero attached hydrogens (tertiary/aromatic N) is 6. The van der Waals surface area contributed by atoms with Crippen LogP contribution in [0.4, 0.5) is 4.39 Å². The number of ether oxygens (including phenoxy) is 1. The Morgan fingerprint density at radius 3 is 2.90 bits per heavy atom. The molecule has 0 amide bonds. The molecule has 158 valence electrons. The van der Waals surface area contributed by atoms with Gasteiger partial charge in [-0.3, -0.25) is 14.9 Å². The van der Waals surface area contributed by atoms with E-state index in [0.717, 1.165) is 41.4 Å². The maximum atomic E-state index is 13.8. The molecule has 0 radical (unpaired) electrons. The summed E-state index contributed by atoms with van der Waals surface area (Å²) in [5, 5.41) is 4.50. The van der Waals surface area contributed by atoms with Gasteiger partial charge >= 0.3 is 0 Å². The topological polar surface area (TPSA) is 68.4 Å². The first-order valence-corrected chi connectivity index (χ1v) is 10.3. The standard InChI is InChI=1S/C23H23FN6O/c1-15-10-16(2)30-23(28-15)18(12-27-30)13-29-8-9-31-20(14-29)22-21(25-6-7-26-22)17-4-3-5-19(24)11-17/h3-7,10-12,20H,8-9,13-14H2,1-2H3/t20-/m0/s1. The predicted octanol–water partition coefficient (Wildman–Crippen LogP) is 3.52. The maximum Gasteiger partial charge on any atom is 0.159 e. The Morgan fingerprint density at radius 1 is 1.16 bits per heavy atom. The van der Waals surface area contributed by atoms with Gasteiger partial charge in [-0.15, -0.1) is 0 Å². The molecule has 1 aliphatic heterocycles. The third-order valence-electron chi connectivity index (χ3n) is 5.53. The number of aromatic nitrogens is 5. The fourth-order valence-corrected chi connectivity index (χ4v) is 4.12. The Balaban J connectivity index is 1.41. The second-order valence-electron chi connectivity index (χ2n) is 7.84. The number of fused-ring (bicyclic) bond motifs is 1. The van der Waals surface area contributed by atoms with Gasteiger partial charge in [0.25, 0.3) is 0 Å². The molecule has 1 saturated heterocycles. The van der Waals surface area contributed by atoms with Gasteiger partial charge in [0.05, 0.1) is 24.2 Å². The Bertz CT molecular complexity index is 1240. The summed E-state index contributed by atoms with van der Waals surface area (Å²) >= 11 is 0. The summed E-state index contributed by atoms with van der Waals surface area (Å²) < 4.78 is 21.7. The van der Waals surface area contributed by atoms with Crippen molar-refractivity contribution in [1.82, 2.24) is 29.5 Å². The smallest absolute Gasteiger partial charge is 0.159 e. The molecule has 1 atom stereocenters. The van der Waals surface area contributed by atoms with E-state index in [4.69, 9.17) is 4.74 Å². The van der Waals surface area contributed by atoms with Crippen molar-refractivity contribution in [2.45, 2.75) is 26.5 Å². The molecule has 0 aliphatic carbocycles. The first-order valence-electron chi connectivity index (χ1n) is 10.3. The summed E-state index contributed by atoms with van der Waals surface area (Å²) in [5.74, 6) is -0.300. The van der Waals surface area contributed by atoms with E-state index in [1.54, 1.807) is 18.5 Å². The molecule has 3 aromatic heterocycles. The average Bonchev–Trinajstić information content (AvgIpc) is 3.17. The van der Waals surface area contributed by atoms with Crippen molar-refractivity contribution in [2.24, 2.45) is 0 Å². The first-order chi connectivity index (χ1) is 15.1. The molecule has 1 aromatic carbocycles. The molecule has 8 heteroatoms. The number of morpholine rings is 1. The molecule has 5 rings (SSSR count). The van der Waals surface area contributed by atoms with E-state index < -0.39 is 0 Å². The lowest BCUT2D eigenvalue weighted by molar-refractivity contribution is -0.0347. The van der Waals surface area contributed by atoms with Crippen LogP contribution in [0.5, 0.6) is 0 Å². The van der Waals surface area contributed by atoms with Crippen LogP contribution >= 0.6 is 0 Å². The predicted molar refractivity (Wildman–Crippen MR) is 114 cm³/mol. The third kappa shape index (κ3) is 3.92. The molecule has 0 saturated carbocycles. The number of hydrogen-bond acceptors (Lipinski definition) is 6. The summed E-state index contributed by atoms with van der Waals surface area (Å²) in [7, 11) is 0. The number of rotatable bonds is 4. The SMILES string of the molecule is Cc1cc(C)n2ncc(CN3CCO[C@H](c4nccnc4-c4cccc(F)c4)C3)c2n1. The van der Waals surface area contributed by atoms with E-state index in [2.05, 4.69) is 25.0 Å². The van der Waals surface area contributed by atoms with Crippen LogP contribution in [-0.2, 0) is 11.3 Å².